The lowest BCUT2D eigenvalue weighted by molar-refractivity contribution is -0.174. The number of piperidine rings is 2. The zero-order chi connectivity index (χ0) is 20.6. The number of carbonyl (C=O) groups is 1. The number of hydrogen-bond acceptors (Lipinski definition) is 3. The number of aliphatic hydroxyl groups is 1. The third-order valence-corrected chi connectivity index (χ3v) is 8.18. The van der Waals surface area contributed by atoms with Crippen LogP contribution < -0.4 is 0 Å². The van der Waals surface area contributed by atoms with Crippen LogP contribution in [0.25, 0.3) is 10.9 Å². The van der Waals surface area contributed by atoms with E-state index in [9.17, 15) is 15.2 Å². The van der Waals surface area contributed by atoms with Crippen LogP contribution in [0.1, 0.15) is 86.9 Å². The van der Waals surface area contributed by atoms with Gasteiger partial charge in [-0.2, -0.15) is 5.26 Å². The van der Waals surface area contributed by atoms with Gasteiger partial charge in [0.2, 0.25) is 5.91 Å². The topological polar surface area (TPSA) is 80.1 Å². The highest BCUT2D eigenvalue weighted by atomic mass is 16.3. The SMILES string of the molecule is CC(CC(=O)N1C2CC3CC1CC(O)(C3)C2)c1c(C#N)[nH]c2cccc(C3CC3)c12. The second-order valence-electron chi connectivity index (χ2n) is 10.5. The molecule has 3 heterocycles. The number of benzene rings is 1. The van der Waals surface area contributed by atoms with Crippen LogP contribution in [0.5, 0.6) is 0 Å². The van der Waals surface area contributed by atoms with Crippen molar-refractivity contribution in [2.24, 2.45) is 5.92 Å². The quantitative estimate of drug-likeness (QED) is 0.798. The van der Waals surface area contributed by atoms with Crippen molar-refractivity contribution in [3.63, 3.8) is 0 Å². The lowest BCUT2D eigenvalue weighted by Gasteiger charge is -2.59. The van der Waals surface area contributed by atoms with Gasteiger partial charge in [0, 0.05) is 29.4 Å². The molecular formula is C25H29N3O2. The van der Waals surface area contributed by atoms with Crippen LogP contribution in [0.2, 0.25) is 0 Å². The molecule has 5 nitrogen and oxygen atoms in total. The zero-order valence-corrected chi connectivity index (χ0v) is 17.5. The highest BCUT2D eigenvalue weighted by Crippen LogP contribution is 2.52. The van der Waals surface area contributed by atoms with Gasteiger partial charge in [-0.3, -0.25) is 4.79 Å². The van der Waals surface area contributed by atoms with E-state index in [-0.39, 0.29) is 23.9 Å². The maximum absolute atomic E-state index is 13.5. The standard InChI is InChI=1S/C25H29N3O2/c1-14(7-22(29)28-17-8-15-9-18(28)12-25(30,10-15)11-17)23-21(13-26)27-20-4-2-3-19(24(20)23)16-5-6-16/h2-4,14-18,27,30H,5-12H2,1H3. The van der Waals surface area contributed by atoms with Crippen LogP contribution in [0.3, 0.4) is 0 Å². The Labute approximate surface area is 177 Å². The lowest BCUT2D eigenvalue weighted by atomic mass is 9.61. The first kappa shape index (κ1) is 18.4. The zero-order valence-electron chi connectivity index (χ0n) is 17.5. The summed E-state index contributed by atoms with van der Waals surface area (Å²) in [7, 11) is 0. The van der Waals surface area contributed by atoms with E-state index in [4.69, 9.17) is 0 Å². The molecule has 3 unspecified atom stereocenters. The molecule has 2 aliphatic heterocycles. The molecule has 5 heteroatoms. The van der Waals surface area contributed by atoms with Gasteiger partial charge < -0.3 is 15.0 Å². The summed E-state index contributed by atoms with van der Waals surface area (Å²) in [4.78, 5) is 18.9. The summed E-state index contributed by atoms with van der Waals surface area (Å²) in [5.41, 5.74) is 3.43. The summed E-state index contributed by atoms with van der Waals surface area (Å²) in [6.07, 6.45) is 7.33. The summed E-state index contributed by atoms with van der Waals surface area (Å²) in [5.74, 6) is 1.35. The molecule has 2 aromatic rings. The molecule has 3 aliphatic carbocycles. The molecule has 3 saturated carbocycles. The monoisotopic (exact) mass is 403 g/mol. The first-order valence-corrected chi connectivity index (χ1v) is 11.5. The Morgan fingerprint density at radius 1 is 1.30 bits per heavy atom. The molecule has 0 radical (unpaired) electrons. The van der Waals surface area contributed by atoms with Gasteiger partial charge in [0.1, 0.15) is 11.8 Å². The third-order valence-electron chi connectivity index (χ3n) is 8.18. The van der Waals surface area contributed by atoms with Crippen molar-refractivity contribution in [3.8, 4) is 6.07 Å². The number of amides is 1. The predicted octanol–water partition coefficient (Wildman–Crippen LogP) is 4.31. The van der Waals surface area contributed by atoms with E-state index in [1.54, 1.807) is 0 Å². The van der Waals surface area contributed by atoms with Gasteiger partial charge in [0.05, 0.1) is 5.60 Å². The van der Waals surface area contributed by atoms with E-state index in [2.05, 4.69) is 35.0 Å². The van der Waals surface area contributed by atoms with E-state index in [0.717, 1.165) is 43.2 Å². The summed E-state index contributed by atoms with van der Waals surface area (Å²) < 4.78 is 0. The molecule has 5 fully saturated rings. The Kier molecular flexibility index (Phi) is 3.90. The van der Waals surface area contributed by atoms with Crippen molar-refractivity contribution in [1.29, 1.82) is 5.26 Å². The van der Waals surface area contributed by atoms with Crippen LogP contribution in [-0.2, 0) is 4.79 Å². The number of H-pyrrole nitrogens is 1. The lowest BCUT2D eigenvalue weighted by Crippen LogP contribution is -2.65. The minimum Gasteiger partial charge on any atom is -0.390 e. The van der Waals surface area contributed by atoms with Crippen LogP contribution in [0, 0.1) is 17.2 Å². The number of carbonyl (C=O) groups excluding carboxylic acids is 1. The second-order valence-corrected chi connectivity index (χ2v) is 10.5. The predicted molar refractivity (Wildman–Crippen MR) is 114 cm³/mol. The number of aromatic amines is 1. The van der Waals surface area contributed by atoms with Gasteiger partial charge in [0.15, 0.2) is 0 Å². The van der Waals surface area contributed by atoms with Crippen molar-refractivity contribution < 1.29 is 9.90 Å². The van der Waals surface area contributed by atoms with Crippen molar-refractivity contribution in [2.45, 2.75) is 87.8 Å². The van der Waals surface area contributed by atoms with Crippen molar-refractivity contribution in [3.05, 3.63) is 35.0 Å². The highest BCUT2D eigenvalue weighted by molar-refractivity contribution is 5.91. The van der Waals surface area contributed by atoms with Crippen molar-refractivity contribution in [2.75, 3.05) is 0 Å². The number of nitrogens with one attached hydrogen (secondary N) is 1. The molecule has 1 aromatic heterocycles. The van der Waals surface area contributed by atoms with Crippen LogP contribution in [0.15, 0.2) is 18.2 Å². The van der Waals surface area contributed by atoms with Crippen LogP contribution in [0.4, 0.5) is 0 Å². The largest absolute Gasteiger partial charge is 0.390 e. The van der Waals surface area contributed by atoms with Gasteiger partial charge in [-0.25, -0.2) is 0 Å². The Morgan fingerprint density at radius 3 is 2.67 bits per heavy atom. The molecule has 2 N–H and O–H groups in total. The Hall–Kier alpha value is -2.32. The molecule has 5 aliphatic rings. The maximum Gasteiger partial charge on any atom is 0.223 e. The smallest absolute Gasteiger partial charge is 0.223 e. The van der Waals surface area contributed by atoms with E-state index in [1.165, 1.54) is 23.8 Å². The van der Waals surface area contributed by atoms with Gasteiger partial charge >= 0.3 is 0 Å². The molecule has 0 spiro atoms. The van der Waals surface area contributed by atoms with Crippen LogP contribution in [-0.4, -0.2) is 38.6 Å². The van der Waals surface area contributed by atoms with E-state index in [0.29, 0.717) is 24.0 Å². The fourth-order valence-corrected chi connectivity index (χ4v) is 7.08. The molecule has 156 valence electrons. The molecule has 3 atom stereocenters. The van der Waals surface area contributed by atoms with Gasteiger partial charge in [-0.05, 0) is 79.9 Å². The van der Waals surface area contributed by atoms with E-state index < -0.39 is 5.60 Å². The Morgan fingerprint density at radius 2 is 2.03 bits per heavy atom. The summed E-state index contributed by atoms with van der Waals surface area (Å²) in [5, 5.41) is 21.8. The molecule has 2 saturated heterocycles. The fourth-order valence-electron chi connectivity index (χ4n) is 7.08. The number of nitriles is 1. The normalized spacial score (nSPS) is 33.1. The minimum atomic E-state index is -0.539. The average Bonchev–Trinajstić information content (AvgIpc) is 3.45. The molecular weight excluding hydrogens is 374 g/mol. The first-order valence-electron chi connectivity index (χ1n) is 11.5. The molecule has 1 amide bonds. The summed E-state index contributed by atoms with van der Waals surface area (Å²) >= 11 is 0. The maximum atomic E-state index is 13.5. The van der Waals surface area contributed by atoms with Gasteiger partial charge in [-0.15, -0.1) is 0 Å². The van der Waals surface area contributed by atoms with Gasteiger partial charge in [-0.1, -0.05) is 19.1 Å². The van der Waals surface area contributed by atoms with E-state index in [1.807, 2.05) is 6.07 Å². The van der Waals surface area contributed by atoms with Crippen molar-refractivity contribution >= 4 is 16.8 Å². The Bertz CT molecular complexity index is 1060. The Balaban J connectivity index is 1.31. The number of fused-ring (bicyclic) bond motifs is 1. The average molecular weight is 404 g/mol. The molecule has 30 heavy (non-hydrogen) atoms. The molecule has 7 rings (SSSR count). The first-order chi connectivity index (χ1) is 14.5. The van der Waals surface area contributed by atoms with Gasteiger partial charge in [0.25, 0.3) is 0 Å². The number of hydrogen-bond donors (Lipinski definition) is 2. The fraction of sp³-hybridized carbons (Fsp3) is 0.600. The minimum absolute atomic E-state index is 0.0129. The number of rotatable bonds is 4. The van der Waals surface area contributed by atoms with E-state index >= 15 is 0 Å². The molecule has 4 bridgehead atoms. The number of nitrogens with zero attached hydrogens (tertiary/aromatic N) is 2. The van der Waals surface area contributed by atoms with Crippen molar-refractivity contribution in [1.82, 2.24) is 9.88 Å². The molecule has 1 aromatic carbocycles. The second kappa shape index (κ2) is 6.34. The summed E-state index contributed by atoms with van der Waals surface area (Å²) in [6.45, 7) is 2.09. The third kappa shape index (κ3) is 2.73. The number of aromatic nitrogens is 1. The highest BCUT2D eigenvalue weighted by Gasteiger charge is 2.55. The van der Waals surface area contributed by atoms with Crippen LogP contribution >= 0.6 is 0 Å². The summed E-state index contributed by atoms with van der Waals surface area (Å²) in [6, 6.07) is 9.04.